The number of para-hydroxylation sites is 1. The van der Waals surface area contributed by atoms with Crippen molar-refractivity contribution < 1.29 is 9.53 Å². The highest BCUT2D eigenvalue weighted by Crippen LogP contribution is 2.19. The van der Waals surface area contributed by atoms with Crippen LogP contribution in [0.15, 0.2) is 65.6 Å². The van der Waals surface area contributed by atoms with E-state index in [9.17, 15) is 4.79 Å². The van der Waals surface area contributed by atoms with Crippen molar-refractivity contribution in [2.75, 3.05) is 6.26 Å². The summed E-state index contributed by atoms with van der Waals surface area (Å²) in [4.78, 5) is 13.3. The minimum Gasteiger partial charge on any atom is -0.458 e. The second kappa shape index (κ2) is 8.73. The Hall–Kier alpha value is -2.79. The van der Waals surface area contributed by atoms with Crippen LogP contribution in [0.5, 0.6) is 0 Å². The number of carbonyl (C=O) groups excluding carboxylic acids is 1. The molecule has 0 fully saturated rings. The van der Waals surface area contributed by atoms with Crippen LogP contribution in [-0.2, 0) is 16.1 Å². The van der Waals surface area contributed by atoms with Gasteiger partial charge in [0.2, 0.25) is 0 Å². The molecule has 3 aromatic rings. The Balaban J connectivity index is 1.66. The van der Waals surface area contributed by atoms with Gasteiger partial charge in [-0.3, -0.25) is 0 Å². The van der Waals surface area contributed by atoms with Gasteiger partial charge in [-0.1, -0.05) is 30.3 Å². The lowest BCUT2D eigenvalue weighted by molar-refractivity contribution is -0.138. The number of aromatic nitrogens is 2. The summed E-state index contributed by atoms with van der Waals surface area (Å²) >= 11 is 1.68. The summed E-state index contributed by atoms with van der Waals surface area (Å²) in [6, 6.07) is 17.9. The van der Waals surface area contributed by atoms with Crippen LogP contribution in [0.3, 0.4) is 0 Å². The number of thioether (sulfide) groups is 1. The molecular formula is C22H22N2O2S. The number of esters is 1. The summed E-state index contributed by atoms with van der Waals surface area (Å²) < 4.78 is 7.22. The van der Waals surface area contributed by atoms with Crippen LogP contribution in [0.4, 0.5) is 0 Å². The van der Waals surface area contributed by atoms with E-state index in [0.717, 1.165) is 28.2 Å². The Labute approximate surface area is 163 Å². The van der Waals surface area contributed by atoms with E-state index in [0.29, 0.717) is 0 Å². The Bertz CT molecular complexity index is 944. The van der Waals surface area contributed by atoms with Gasteiger partial charge in [-0.15, -0.1) is 11.8 Å². The van der Waals surface area contributed by atoms with Gasteiger partial charge in [0.25, 0.3) is 0 Å². The van der Waals surface area contributed by atoms with Gasteiger partial charge in [-0.25, -0.2) is 9.48 Å². The lowest BCUT2D eigenvalue weighted by Crippen LogP contribution is -2.01. The molecule has 0 bridgehead atoms. The van der Waals surface area contributed by atoms with E-state index < -0.39 is 0 Å². The molecule has 3 rings (SSSR count). The number of carbonyl (C=O) groups is 1. The number of hydrogen-bond donors (Lipinski definition) is 0. The lowest BCUT2D eigenvalue weighted by Gasteiger charge is -2.04. The number of benzene rings is 2. The van der Waals surface area contributed by atoms with E-state index in [1.54, 1.807) is 17.8 Å². The SMILES string of the molecule is CSc1ccc(COC(=O)/C=C/c2c(C)nn(-c3ccccc3)c2C)cc1. The molecule has 0 aliphatic carbocycles. The maximum atomic E-state index is 12.1. The fourth-order valence-electron chi connectivity index (χ4n) is 2.79. The van der Waals surface area contributed by atoms with Gasteiger partial charge >= 0.3 is 5.97 Å². The first kappa shape index (κ1) is 19.0. The number of rotatable bonds is 6. The summed E-state index contributed by atoms with van der Waals surface area (Å²) in [6.07, 6.45) is 5.27. The van der Waals surface area contributed by atoms with Crippen LogP contribution >= 0.6 is 11.8 Å². The maximum absolute atomic E-state index is 12.1. The predicted molar refractivity (Wildman–Crippen MR) is 110 cm³/mol. The zero-order valence-corrected chi connectivity index (χ0v) is 16.5. The van der Waals surface area contributed by atoms with Gasteiger partial charge in [-0.2, -0.15) is 5.10 Å². The van der Waals surface area contributed by atoms with E-state index in [4.69, 9.17) is 4.74 Å². The van der Waals surface area contributed by atoms with E-state index in [1.165, 1.54) is 11.0 Å². The highest BCUT2D eigenvalue weighted by Gasteiger charge is 2.11. The van der Waals surface area contributed by atoms with E-state index in [2.05, 4.69) is 5.10 Å². The van der Waals surface area contributed by atoms with Crippen LogP contribution < -0.4 is 0 Å². The third kappa shape index (κ3) is 4.68. The molecule has 0 N–H and O–H groups in total. The third-order valence-corrected chi connectivity index (χ3v) is 5.02. The minimum absolute atomic E-state index is 0.263. The molecule has 4 nitrogen and oxygen atoms in total. The van der Waals surface area contributed by atoms with Gasteiger partial charge in [0.1, 0.15) is 6.61 Å². The molecule has 0 radical (unpaired) electrons. The van der Waals surface area contributed by atoms with Crippen molar-refractivity contribution in [1.29, 1.82) is 0 Å². The first-order valence-electron chi connectivity index (χ1n) is 8.68. The molecule has 1 heterocycles. The number of aryl methyl sites for hydroxylation is 1. The van der Waals surface area contributed by atoms with Crippen LogP contribution in [0, 0.1) is 13.8 Å². The second-order valence-electron chi connectivity index (χ2n) is 6.12. The molecule has 5 heteroatoms. The van der Waals surface area contributed by atoms with Gasteiger partial charge in [-0.05, 0) is 56.0 Å². The third-order valence-electron chi connectivity index (χ3n) is 4.27. The Morgan fingerprint density at radius 2 is 1.81 bits per heavy atom. The molecule has 0 spiro atoms. The fourth-order valence-corrected chi connectivity index (χ4v) is 3.20. The fraction of sp³-hybridized carbons (Fsp3) is 0.182. The van der Waals surface area contributed by atoms with Crippen molar-refractivity contribution in [2.45, 2.75) is 25.3 Å². The molecule has 0 atom stereocenters. The van der Waals surface area contributed by atoms with E-state index >= 15 is 0 Å². The van der Waals surface area contributed by atoms with Gasteiger partial charge < -0.3 is 4.74 Å². The summed E-state index contributed by atoms with van der Waals surface area (Å²) in [7, 11) is 0. The smallest absolute Gasteiger partial charge is 0.331 e. The summed E-state index contributed by atoms with van der Waals surface area (Å²) in [6.45, 7) is 4.19. The van der Waals surface area contributed by atoms with Crippen LogP contribution in [0.2, 0.25) is 0 Å². The summed E-state index contributed by atoms with van der Waals surface area (Å²) in [5.41, 5.74) is 4.75. The van der Waals surface area contributed by atoms with Gasteiger partial charge in [0, 0.05) is 22.2 Å². The topological polar surface area (TPSA) is 44.1 Å². The largest absolute Gasteiger partial charge is 0.458 e. The molecule has 2 aromatic carbocycles. The quantitative estimate of drug-likeness (QED) is 0.345. The molecule has 0 unspecified atom stereocenters. The number of hydrogen-bond acceptors (Lipinski definition) is 4. The molecule has 1 aromatic heterocycles. The second-order valence-corrected chi connectivity index (χ2v) is 7.00. The first-order valence-corrected chi connectivity index (χ1v) is 9.90. The van der Waals surface area contributed by atoms with E-state index in [-0.39, 0.29) is 12.6 Å². The molecule has 0 amide bonds. The maximum Gasteiger partial charge on any atom is 0.331 e. The zero-order valence-electron chi connectivity index (χ0n) is 15.7. The normalized spacial score (nSPS) is 11.1. The van der Waals surface area contributed by atoms with Crippen LogP contribution in [0.1, 0.15) is 22.5 Å². The lowest BCUT2D eigenvalue weighted by atomic mass is 10.2. The molecule has 0 saturated carbocycles. The molecule has 0 aliphatic heterocycles. The molecule has 0 aliphatic rings. The van der Waals surface area contributed by atoms with Crippen molar-refractivity contribution in [3.05, 3.63) is 83.2 Å². The van der Waals surface area contributed by atoms with Crippen molar-refractivity contribution in [1.82, 2.24) is 9.78 Å². The number of nitrogens with zero attached hydrogens (tertiary/aromatic N) is 2. The molecular weight excluding hydrogens is 356 g/mol. The first-order chi connectivity index (χ1) is 13.1. The monoisotopic (exact) mass is 378 g/mol. The Morgan fingerprint density at radius 3 is 2.48 bits per heavy atom. The van der Waals surface area contributed by atoms with Crippen LogP contribution in [0.25, 0.3) is 11.8 Å². The van der Waals surface area contributed by atoms with Crippen molar-refractivity contribution >= 4 is 23.8 Å². The average molecular weight is 378 g/mol. The van der Waals surface area contributed by atoms with Crippen molar-refractivity contribution in [2.24, 2.45) is 0 Å². The molecule has 27 heavy (non-hydrogen) atoms. The van der Waals surface area contributed by atoms with Crippen molar-refractivity contribution in [3.63, 3.8) is 0 Å². The number of ether oxygens (including phenoxy) is 1. The predicted octanol–water partition coefficient (Wildman–Crippen LogP) is 4.97. The highest BCUT2D eigenvalue weighted by atomic mass is 32.2. The average Bonchev–Trinajstić information content (AvgIpc) is 2.99. The minimum atomic E-state index is -0.366. The van der Waals surface area contributed by atoms with Crippen molar-refractivity contribution in [3.8, 4) is 5.69 Å². The highest BCUT2D eigenvalue weighted by molar-refractivity contribution is 7.98. The van der Waals surface area contributed by atoms with Gasteiger partial charge in [0.05, 0.1) is 11.4 Å². The Morgan fingerprint density at radius 1 is 1.11 bits per heavy atom. The van der Waals surface area contributed by atoms with E-state index in [1.807, 2.05) is 79.4 Å². The zero-order chi connectivity index (χ0) is 19.2. The summed E-state index contributed by atoms with van der Waals surface area (Å²) in [5, 5.41) is 4.58. The van der Waals surface area contributed by atoms with Crippen LogP contribution in [-0.4, -0.2) is 22.0 Å². The molecule has 138 valence electrons. The Kier molecular flexibility index (Phi) is 6.14. The summed E-state index contributed by atoms with van der Waals surface area (Å²) in [5.74, 6) is -0.366. The van der Waals surface area contributed by atoms with Gasteiger partial charge in [0.15, 0.2) is 0 Å². The molecule has 0 saturated heterocycles. The standard InChI is InChI=1S/C22H22N2O2S/c1-16-21(17(2)24(23-16)19-7-5-4-6-8-19)13-14-22(25)26-15-18-9-11-20(27-3)12-10-18/h4-14H,15H2,1-3H3/b14-13+.